The van der Waals surface area contributed by atoms with E-state index in [4.69, 9.17) is 23.2 Å². The van der Waals surface area contributed by atoms with Gasteiger partial charge in [0.15, 0.2) is 0 Å². The lowest BCUT2D eigenvalue weighted by Gasteiger charge is -2.31. The molecule has 0 saturated carbocycles. The minimum atomic E-state index is 0.134. The monoisotopic (exact) mass is 273 g/mol. The molecule has 0 N–H and O–H groups in total. The second-order valence-corrected chi connectivity index (χ2v) is 4.86. The molecule has 1 aromatic heterocycles. The summed E-state index contributed by atoms with van der Waals surface area (Å²) in [6, 6.07) is 3.56. The largest absolute Gasteiger partial charge is 0.343 e. The number of carbonyl (C=O) groups is 1. The molecular weight excluding hydrogens is 261 g/mol. The van der Waals surface area contributed by atoms with E-state index in [0.29, 0.717) is 23.4 Å². The molecule has 1 fully saturated rings. The average molecular weight is 274 g/mol. The van der Waals surface area contributed by atoms with Gasteiger partial charge in [0.25, 0.3) is 0 Å². The maximum atomic E-state index is 11.5. The van der Waals surface area contributed by atoms with E-state index in [1.807, 2.05) is 13.1 Å². The summed E-state index contributed by atoms with van der Waals surface area (Å²) in [4.78, 5) is 19.3. The van der Waals surface area contributed by atoms with Crippen molar-refractivity contribution in [2.75, 3.05) is 26.7 Å². The molecule has 0 atom stereocenters. The number of nitrogens with zero attached hydrogens (tertiary/aromatic N) is 3. The van der Waals surface area contributed by atoms with Gasteiger partial charge in [0.2, 0.25) is 5.91 Å². The van der Waals surface area contributed by atoms with E-state index in [-0.39, 0.29) is 5.91 Å². The molecule has 17 heavy (non-hydrogen) atoms. The third-order valence-electron chi connectivity index (χ3n) is 2.82. The van der Waals surface area contributed by atoms with Gasteiger partial charge in [-0.2, -0.15) is 0 Å². The molecule has 0 radical (unpaired) electrons. The number of halogens is 2. The molecule has 0 aliphatic carbocycles. The van der Waals surface area contributed by atoms with Gasteiger partial charge in [0, 0.05) is 32.2 Å². The highest BCUT2D eigenvalue weighted by molar-refractivity contribution is 6.32. The summed E-state index contributed by atoms with van der Waals surface area (Å²) in [5.41, 5.74) is 0.897. The summed E-state index contributed by atoms with van der Waals surface area (Å²) in [5.74, 6) is 0.134. The van der Waals surface area contributed by atoms with E-state index >= 15 is 0 Å². The molecule has 2 rings (SSSR count). The second kappa shape index (κ2) is 5.21. The van der Waals surface area contributed by atoms with Crippen LogP contribution in [-0.4, -0.2) is 47.4 Å². The summed E-state index contributed by atoms with van der Waals surface area (Å²) in [5, 5.41) is 0.789. The van der Waals surface area contributed by atoms with Crippen molar-refractivity contribution in [3.05, 3.63) is 28.0 Å². The van der Waals surface area contributed by atoms with Gasteiger partial charge in [0.1, 0.15) is 10.3 Å². The molecule has 92 valence electrons. The van der Waals surface area contributed by atoms with E-state index in [9.17, 15) is 4.79 Å². The Hall–Kier alpha value is -0.840. The molecule has 0 spiro atoms. The Morgan fingerprint density at radius 2 is 2.12 bits per heavy atom. The molecule has 0 unspecified atom stereocenters. The van der Waals surface area contributed by atoms with E-state index in [1.54, 1.807) is 11.0 Å². The fourth-order valence-corrected chi connectivity index (χ4v) is 2.15. The van der Waals surface area contributed by atoms with Crippen molar-refractivity contribution in [3.63, 3.8) is 0 Å². The van der Waals surface area contributed by atoms with Crippen molar-refractivity contribution in [2.45, 2.75) is 6.54 Å². The first-order chi connectivity index (χ1) is 8.06. The standard InChI is InChI=1S/C11H13Cl2N3O/c1-15-4-5-16(7-10(15)17)6-8-2-3-9(12)14-11(8)13/h2-3H,4-7H2,1H3. The predicted octanol–water partition coefficient (Wildman–Crippen LogP) is 1.66. The van der Waals surface area contributed by atoms with E-state index in [1.165, 1.54) is 0 Å². The van der Waals surface area contributed by atoms with Gasteiger partial charge in [-0.15, -0.1) is 0 Å². The van der Waals surface area contributed by atoms with E-state index < -0.39 is 0 Å². The van der Waals surface area contributed by atoms with Crippen molar-refractivity contribution < 1.29 is 4.79 Å². The average Bonchev–Trinajstić information content (AvgIpc) is 2.27. The van der Waals surface area contributed by atoms with E-state index in [2.05, 4.69) is 9.88 Å². The maximum absolute atomic E-state index is 11.5. The number of likely N-dealkylation sites (N-methyl/N-ethyl adjacent to an activating group) is 1. The van der Waals surface area contributed by atoms with Crippen LogP contribution in [0.25, 0.3) is 0 Å². The quantitative estimate of drug-likeness (QED) is 0.770. The summed E-state index contributed by atoms with van der Waals surface area (Å²) >= 11 is 11.7. The number of pyridine rings is 1. The zero-order valence-corrected chi connectivity index (χ0v) is 11.0. The molecule has 1 aromatic rings. The smallest absolute Gasteiger partial charge is 0.236 e. The summed E-state index contributed by atoms with van der Waals surface area (Å²) in [6.45, 7) is 2.65. The first kappa shape index (κ1) is 12.6. The number of amides is 1. The van der Waals surface area contributed by atoms with Crippen LogP contribution in [0.1, 0.15) is 5.56 Å². The van der Waals surface area contributed by atoms with Gasteiger partial charge in [0.05, 0.1) is 6.54 Å². The Bertz CT molecular complexity index is 439. The van der Waals surface area contributed by atoms with Crippen LogP contribution in [0.3, 0.4) is 0 Å². The number of rotatable bonds is 2. The molecule has 0 aromatic carbocycles. The Balaban J connectivity index is 2.04. The zero-order chi connectivity index (χ0) is 12.4. The van der Waals surface area contributed by atoms with Gasteiger partial charge in [-0.25, -0.2) is 4.98 Å². The third-order valence-corrected chi connectivity index (χ3v) is 3.36. The first-order valence-corrected chi connectivity index (χ1v) is 6.09. The highest BCUT2D eigenvalue weighted by atomic mass is 35.5. The number of aromatic nitrogens is 1. The maximum Gasteiger partial charge on any atom is 0.236 e. The Morgan fingerprint density at radius 1 is 1.35 bits per heavy atom. The highest BCUT2D eigenvalue weighted by Gasteiger charge is 2.21. The Labute approximate surface area is 110 Å². The SMILES string of the molecule is CN1CCN(Cc2ccc(Cl)nc2Cl)CC1=O. The normalized spacial score (nSPS) is 17.6. The van der Waals surface area contributed by atoms with Crippen LogP contribution in [0.15, 0.2) is 12.1 Å². The molecule has 1 aliphatic heterocycles. The predicted molar refractivity (Wildman–Crippen MR) is 67.2 cm³/mol. The van der Waals surface area contributed by atoms with Crippen LogP contribution in [-0.2, 0) is 11.3 Å². The number of hydrogen-bond acceptors (Lipinski definition) is 3. The Morgan fingerprint density at radius 3 is 2.76 bits per heavy atom. The van der Waals surface area contributed by atoms with Crippen molar-refractivity contribution in [2.24, 2.45) is 0 Å². The van der Waals surface area contributed by atoms with Crippen molar-refractivity contribution in [3.8, 4) is 0 Å². The molecule has 2 heterocycles. The number of carbonyl (C=O) groups excluding carboxylic acids is 1. The van der Waals surface area contributed by atoms with Crippen LogP contribution in [0.4, 0.5) is 0 Å². The van der Waals surface area contributed by atoms with Gasteiger partial charge in [-0.1, -0.05) is 29.3 Å². The lowest BCUT2D eigenvalue weighted by atomic mass is 10.2. The van der Waals surface area contributed by atoms with Crippen molar-refractivity contribution in [1.29, 1.82) is 0 Å². The Kier molecular flexibility index (Phi) is 3.86. The van der Waals surface area contributed by atoms with Gasteiger partial charge in [-0.05, 0) is 6.07 Å². The van der Waals surface area contributed by atoms with Crippen molar-refractivity contribution >= 4 is 29.1 Å². The molecule has 1 saturated heterocycles. The van der Waals surface area contributed by atoms with Crippen LogP contribution in [0, 0.1) is 0 Å². The number of piperazine rings is 1. The molecule has 4 nitrogen and oxygen atoms in total. The third kappa shape index (κ3) is 3.09. The minimum absolute atomic E-state index is 0.134. The fourth-order valence-electron chi connectivity index (χ4n) is 1.74. The molecular formula is C11H13Cl2N3O. The van der Waals surface area contributed by atoms with E-state index in [0.717, 1.165) is 18.7 Å². The zero-order valence-electron chi connectivity index (χ0n) is 9.49. The molecule has 6 heteroatoms. The lowest BCUT2D eigenvalue weighted by Crippen LogP contribution is -2.48. The van der Waals surface area contributed by atoms with Crippen LogP contribution in [0.5, 0.6) is 0 Å². The van der Waals surface area contributed by atoms with Crippen molar-refractivity contribution in [1.82, 2.24) is 14.8 Å². The number of hydrogen-bond donors (Lipinski definition) is 0. The summed E-state index contributed by atoms with van der Waals surface area (Å²) in [6.07, 6.45) is 0. The van der Waals surface area contributed by atoms with Crippen LogP contribution >= 0.6 is 23.2 Å². The topological polar surface area (TPSA) is 36.4 Å². The van der Waals surface area contributed by atoms with Gasteiger partial charge in [-0.3, -0.25) is 9.69 Å². The lowest BCUT2D eigenvalue weighted by molar-refractivity contribution is -0.134. The van der Waals surface area contributed by atoms with Crippen LogP contribution in [0.2, 0.25) is 10.3 Å². The summed E-state index contributed by atoms with van der Waals surface area (Å²) < 4.78 is 0. The second-order valence-electron chi connectivity index (χ2n) is 4.11. The van der Waals surface area contributed by atoms with Gasteiger partial charge >= 0.3 is 0 Å². The minimum Gasteiger partial charge on any atom is -0.343 e. The summed E-state index contributed by atoms with van der Waals surface area (Å²) in [7, 11) is 1.82. The molecule has 1 aliphatic rings. The first-order valence-electron chi connectivity index (χ1n) is 5.33. The van der Waals surface area contributed by atoms with Crippen LogP contribution < -0.4 is 0 Å². The fraction of sp³-hybridized carbons (Fsp3) is 0.455. The molecule has 1 amide bonds. The highest BCUT2D eigenvalue weighted by Crippen LogP contribution is 2.19. The van der Waals surface area contributed by atoms with Gasteiger partial charge < -0.3 is 4.90 Å². The molecule has 0 bridgehead atoms.